The van der Waals surface area contributed by atoms with E-state index in [2.05, 4.69) is 0 Å². The molecule has 1 fully saturated rings. The monoisotopic (exact) mass is 264 g/mol. The van der Waals surface area contributed by atoms with E-state index in [1.54, 1.807) is 9.36 Å². The molecule has 19 heavy (non-hydrogen) atoms. The van der Waals surface area contributed by atoms with Crippen LogP contribution >= 0.6 is 0 Å². The maximum atomic E-state index is 12.4. The van der Waals surface area contributed by atoms with Crippen molar-refractivity contribution in [2.45, 2.75) is 58.0 Å². The summed E-state index contributed by atoms with van der Waals surface area (Å²) in [4.78, 5) is 24.0. The molecule has 0 saturated heterocycles. The molecule has 1 aliphatic heterocycles. The van der Waals surface area contributed by atoms with Crippen LogP contribution in [0.25, 0.3) is 0 Å². The molecule has 5 nitrogen and oxygen atoms in total. The van der Waals surface area contributed by atoms with Crippen LogP contribution in [0.15, 0.2) is 4.79 Å². The Hall–Kier alpha value is -1.52. The fraction of sp³-hybridized carbons (Fsp3) is 0.714. The largest absolute Gasteiger partial charge is 0.493 e. The van der Waals surface area contributed by atoms with Gasteiger partial charge in [0.25, 0.3) is 5.56 Å². The van der Waals surface area contributed by atoms with Gasteiger partial charge >= 0.3 is 0 Å². The van der Waals surface area contributed by atoms with Crippen molar-refractivity contribution < 1.29 is 9.90 Å². The Kier molecular flexibility index (Phi) is 2.46. The second kappa shape index (κ2) is 3.74. The lowest BCUT2D eigenvalue weighted by Crippen LogP contribution is -2.38. The highest BCUT2D eigenvalue weighted by atomic mass is 16.3. The minimum absolute atomic E-state index is 0.0582. The lowest BCUT2D eigenvalue weighted by atomic mass is 9.75. The molecule has 1 aliphatic carbocycles. The van der Waals surface area contributed by atoms with Crippen molar-refractivity contribution in [3.8, 4) is 5.88 Å². The normalized spacial score (nSPS) is 27.9. The third kappa shape index (κ3) is 1.41. The Morgan fingerprint density at radius 3 is 2.58 bits per heavy atom. The molecule has 0 unspecified atom stereocenters. The van der Waals surface area contributed by atoms with Crippen molar-refractivity contribution in [3.63, 3.8) is 0 Å². The lowest BCUT2D eigenvalue weighted by molar-refractivity contribution is 0.101. The van der Waals surface area contributed by atoms with Crippen LogP contribution in [0.3, 0.4) is 0 Å². The summed E-state index contributed by atoms with van der Waals surface area (Å²) < 4.78 is 3.29. The number of Topliss-reactive ketones (excluding diaryl/α,β-unsaturated/α-hetero) is 1. The SMILES string of the molecule is CC(=O)c1c(O)n2n(c1=O)C(C)(C)[C@@H]1CCCC[C@@H]12. The van der Waals surface area contributed by atoms with E-state index in [-0.39, 0.29) is 34.4 Å². The Bertz CT molecular complexity index is 609. The highest BCUT2D eigenvalue weighted by molar-refractivity contribution is 5.96. The molecule has 0 amide bonds. The van der Waals surface area contributed by atoms with Gasteiger partial charge in [0.1, 0.15) is 5.56 Å². The van der Waals surface area contributed by atoms with Gasteiger partial charge in [0, 0.05) is 5.92 Å². The van der Waals surface area contributed by atoms with Crippen LogP contribution in [-0.4, -0.2) is 20.3 Å². The van der Waals surface area contributed by atoms with E-state index in [4.69, 9.17) is 0 Å². The summed E-state index contributed by atoms with van der Waals surface area (Å²) in [6.45, 7) is 5.40. The molecule has 1 saturated carbocycles. The van der Waals surface area contributed by atoms with E-state index in [0.717, 1.165) is 19.3 Å². The molecule has 0 spiro atoms. The first-order valence-corrected chi connectivity index (χ1v) is 6.95. The third-order valence-corrected chi connectivity index (χ3v) is 4.91. The second-order valence-electron chi connectivity index (χ2n) is 6.33. The molecule has 2 heterocycles. The number of aromatic nitrogens is 2. The van der Waals surface area contributed by atoms with Crippen LogP contribution in [0, 0.1) is 5.92 Å². The van der Waals surface area contributed by atoms with Gasteiger partial charge in [-0.3, -0.25) is 9.59 Å². The van der Waals surface area contributed by atoms with Crippen LogP contribution in [0.1, 0.15) is 62.9 Å². The molecule has 1 N–H and O–H groups in total. The van der Waals surface area contributed by atoms with E-state index in [1.807, 2.05) is 13.8 Å². The molecule has 104 valence electrons. The quantitative estimate of drug-likeness (QED) is 0.789. The Morgan fingerprint density at radius 2 is 1.95 bits per heavy atom. The minimum atomic E-state index is -0.361. The molecule has 2 atom stereocenters. The zero-order valence-corrected chi connectivity index (χ0v) is 11.6. The summed E-state index contributed by atoms with van der Waals surface area (Å²) in [5.41, 5.74) is -0.741. The predicted molar refractivity (Wildman–Crippen MR) is 70.7 cm³/mol. The van der Waals surface area contributed by atoms with Crippen molar-refractivity contribution >= 4 is 5.78 Å². The lowest BCUT2D eigenvalue weighted by Gasteiger charge is -2.32. The fourth-order valence-electron chi connectivity index (χ4n) is 4.05. The summed E-state index contributed by atoms with van der Waals surface area (Å²) in [7, 11) is 0. The number of carbonyl (C=O) groups excluding carboxylic acids is 1. The summed E-state index contributed by atoms with van der Waals surface area (Å²) >= 11 is 0. The van der Waals surface area contributed by atoms with E-state index in [0.29, 0.717) is 5.92 Å². The van der Waals surface area contributed by atoms with Crippen molar-refractivity contribution in [1.29, 1.82) is 0 Å². The van der Waals surface area contributed by atoms with Gasteiger partial charge < -0.3 is 5.11 Å². The summed E-state index contributed by atoms with van der Waals surface area (Å²) in [6.07, 6.45) is 4.32. The van der Waals surface area contributed by atoms with Crippen molar-refractivity contribution in [1.82, 2.24) is 9.36 Å². The fourth-order valence-corrected chi connectivity index (χ4v) is 4.05. The number of rotatable bonds is 1. The van der Waals surface area contributed by atoms with E-state index in [9.17, 15) is 14.7 Å². The highest BCUT2D eigenvalue weighted by Crippen LogP contribution is 2.50. The average molecular weight is 264 g/mol. The molecule has 1 aromatic heterocycles. The first-order valence-electron chi connectivity index (χ1n) is 6.95. The van der Waals surface area contributed by atoms with Crippen LogP contribution in [0.5, 0.6) is 5.88 Å². The third-order valence-electron chi connectivity index (χ3n) is 4.91. The molecule has 1 aromatic rings. The average Bonchev–Trinajstić information content (AvgIpc) is 2.73. The first-order chi connectivity index (χ1) is 8.87. The van der Waals surface area contributed by atoms with Crippen molar-refractivity contribution in [2.75, 3.05) is 0 Å². The summed E-state index contributed by atoms with van der Waals surface area (Å²) in [5, 5.41) is 10.3. The van der Waals surface area contributed by atoms with Gasteiger partial charge in [-0.25, -0.2) is 9.36 Å². The molecule has 0 radical (unpaired) electrons. The standard InChI is InChI=1S/C14H20N2O3/c1-8(17)11-12(18)15-10-7-5-4-6-9(10)14(2,3)16(15)13(11)19/h9-10,18H,4-7H2,1-3H3/t9-,10+/m1/s1. The smallest absolute Gasteiger partial charge is 0.282 e. The highest BCUT2D eigenvalue weighted by Gasteiger charge is 2.50. The number of fused-ring (bicyclic) bond motifs is 3. The molecular formula is C14H20N2O3. The second-order valence-corrected chi connectivity index (χ2v) is 6.33. The molecule has 5 heteroatoms. The number of carbonyl (C=O) groups is 1. The van der Waals surface area contributed by atoms with E-state index < -0.39 is 0 Å². The van der Waals surface area contributed by atoms with Gasteiger partial charge in [-0.15, -0.1) is 0 Å². The number of ketones is 1. The number of aromatic hydroxyl groups is 1. The molecular weight excluding hydrogens is 244 g/mol. The van der Waals surface area contributed by atoms with Crippen LogP contribution in [-0.2, 0) is 5.54 Å². The van der Waals surface area contributed by atoms with E-state index >= 15 is 0 Å². The van der Waals surface area contributed by atoms with E-state index in [1.165, 1.54) is 13.3 Å². The number of hydrogen-bond donors (Lipinski definition) is 1. The first kappa shape index (κ1) is 12.5. The van der Waals surface area contributed by atoms with Gasteiger partial charge in [-0.2, -0.15) is 0 Å². The number of hydrogen-bond acceptors (Lipinski definition) is 3. The van der Waals surface area contributed by atoms with Crippen molar-refractivity contribution in [2.24, 2.45) is 5.92 Å². The minimum Gasteiger partial charge on any atom is -0.493 e. The van der Waals surface area contributed by atoms with Gasteiger partial charge in [0.15, 0.2) is 5.78 Å². The van der Waals surface area contributed by atoms with Gasteiger partial charge in [0.05, 0.1) is 11.6 Å². The van der Waals surface area contributed by atoms with Crippen LogP contribution < -0.4 is 5.56 Å². The molecule has 2 aliphatic rings. The molecule has 0 bridgehead atoms. The maximum Gasteiger partial charge on any atom is 0.282 e. The Balaban J connectivity index is 2.29. The molecule has 3 rings (SSSR count). The zero-order valence-electron chi connectivity index (χ0n) is 11.6. The van der Waals surface area contributed by atoms with Crippen molar-refractivity contribution in [3.05, 3.63) is 15.9 Å². The van der Waals surface area contributed by atoms with Gasteiger partial charge in [-0.1, -0.05) is 12.8 Å². The number of nitrogens with zero attached hydrogens (tertiary/aromatic N) is 2. The summed E-state index contributed by atoms with van der Waals surface area (Å²) in [5.74, 6) is -0.138. The summed E-state index contributed by atoms with van der Waals surface area (Å²) in [6, 6.07) is 0.143. The maximum absolute atomic E-state index is 12.4. The van der Waals surface area contributed by atoms with Crippen LogP contribution in [0.2, 0.25) is 0 Å². The topological polar surface area (TPSA) is 64.2 Å². The Labute approximate surface area is 111 Å². The Morgan fingerprint density at radius 1 is 1.32 bits per heavy atom. The zero-order chi connectivity index (χ0) is 13.9. The van der Waals surface area contributed by atoms with Crippen LogP contribution in [0.4, 0.5) is 0 Å². The molecule has 0 aromatic carbocycles. The van der Waals surface area contributed by atoms with Gasteiger partial charge in [-0.05, 0) is 33.6 Å². The predicted octanol–water partition coefficient (Wildman–Crippen LogP) is 2.04. The van der Waals surface area contributed by atoms with Gasteiger partial charge in [0.2, 0.25) is 5.88 Å².